The third-order valence-corrected chi connectivity index (χ3v) is 5.25. The van der Waals surface area contributed by atoms with Gasteiger partial charge in [0, 0.05) is 31.9 Å². The first-order valence-electron chi connectivity index (χ1n) is 10.4. The van der Waals surface area contributed by atoms with Crippen LogP contribution in [0.3, 0.4) is 0 Å². The lowest BCUT2D eigenvalue weighted by Gasteiger charge is -2.26. The predicted octanol–water partition coefficient (Wildman–Crippen LogP) is 2.63. The lowest BCUT2D eigenvalue weighted by Crippen LogP contribution is -2.39. The number of alkyl halides is 2. The summed E-state index contributed by atoms with van der Waals surface area (Å²) < 4.78 is 30.0. The van der Waals surface area contributed by atoms with E-state index >= 15 is 0 Å². The van der Waals surface area contributed by atoms with E-state index in [1.54, 1.807) is 17.0 Å². The van der Waals surface area contributed by atoms with E-state index in [2.05, 4.69) is 15.0 Å². The molecule has 2 heterocycles. The van der Waals surface area contributed by atoms with Crippen LogP contribution >= 0.6 is 0 Å². The van der Waals surface area contributed by atoms with Gasteiger partial charge in [-0.25, -0.2) is 0 Å². The predicted molar refractivity (Wildman–Crippen MR) is 112 cm³/mol. The number of hydrogen-bond donors (Lipinski definition) is 2. The summed E-state index contributed by atoms with van der Waals surface area (Å²) in [5.41, 5.74) is 0.809. The van der Waals surface area contributed by atoms with Gasteiger partial charge in [-0.15, -0.1) is 0 Å². The maximum Gasteiger partial charge on any atom is 0.387 e. The second-order valence-electron chi connectivity index (χ2n) is 7.48. The molecular formula is C22H26F2N4O4. The molecule has 0 unspecified atom stereocenters. The smallest absolute Gasteiger partial charge is 0.387 e. The summed E-state index contributed by atoms with van der Waals surface area (Å²) in [5.74, 6) is -1.20. The molecule has 1 aliphatic heterocycles. The minimum Gasteiger partial charge on any atom is -0.434 e. The number of para-hydroxylation sites is 1. The highest BCUT2D eigenvalue weighted by Gasteiger charge is 2.25. The van der Waals surface area contributed by atoms with Gasteiger partial charge in [0.05, 0.1) is 12.1 Å². The Morgan fingerprint density at radius 2 is 1.91 bits per heavy atom. The average Bonchev–Trinajstić information content (AvgIpc) is 3.29. The molecule has 2 N–H and O–H groups in total. The Kier molecular flexibility index (Phi) is 7.80. The number of H-pyrrole nitrogens is 1. The number of nitrogens with one attached hydrogen (secondary N) is 2. The number of hydrogen-bond acceptors (Lipinski definition) is 4. The van der Waals surface area contributed by atoms with Crippen molar-refractivity contribution in [3.8, 4) is 5.75 Å². The van der Waals surface area contributed by atoms with Crippen LogP contribution in [0, 0.1) is 0 Å². The number of halogens is 2. The van der Waals surface area contributed by atoms with Crippen molar-refractivity contribution >= 4 is 17.7 Å². The van der Waals surface area contributed by atoms with Gasteiger partial charge < -0.3 is 24.8 Å². The molecule has 1 aromatic heterocycles. The van der Waals surface area contributed by atoms with Gasteiger partial charge in [0.2, 0.25) is 5.91 Å². The number of amides is 3. The van der Waals surface area contributed by atoms with Gasteiger partial charge in [0.15, 0.2) is 0 Å². The summed E-state index contributed by atoms with van der Waals surface area (Å²) in [5, 5.41) is 2.45. The molecule has 0 aliphatic carbocycles. The topological polar surface area (TPSA) is 94.7 Å². The zero-order chi connectivity index (χ0) is 23.1. The largest absolute Gasteiger partial charge is 0.434 e. The first-order valence-corrected chi connectivity index (χ1v) is 10.4. The number of likely N-dealkylation sites (tertiary alicyclic amines) is 1. The number of carbonyl (C=O) groups excluding carboxylic acids is 3. The van der Waals surface area contributed by atoms with Gasteiger partial charge in [-0.05, 0) is 31.4 Å². The molecule has 0 saturated carbocycles. The average molecular weight is 448 g/mol. The van der Waals surface area contributed by atoms with Gasteiger partial charge in [0.25, 0.3) is 11.8 Å². The van der Waals surface area contributed by atoms with Crippen molar-refractivity contribution in [2.24, 2.45) is 0 Å². The van der Waals surface area contributed by atoms with Gasteiger partial charge in [-0.3, -0.25) is 14.4 Å². The molecule has 0 bridgehead atoms. The van der Waals surface area contributed by atoms with Crippen molar-refractivity contribution in [3.63, 3.8) is 0 Å². The number of benzene rings is 1. The molecule has 8 nitrogen and oxygen atoms in total. The molecule has 3 rings (SSSR count). The quantitative estimate of drug-likeness (QED) is 0.649. The molecule has 1 aliphatic rings. The zero-order valence-electron chi connectivity index (χ0n) is 17.8. The second kappa shape index (κ2) is 10.7. The van der Waals surface area contributed by atoms with Gasteiger partial charge >= 0.3 is 6.61 Å². The van der Waals surface area contributed by atoms with E-state index in [1.807, 2.05) is 0 Å². The number of aromatic amines is 1. The van der Waals surface area contributed by atoms with Gasteiger partial charge in [-0.1, -0.05) is 18.2 Å². The Morgan fingerprint density at radius 1 is 1.19 bits per heavy atom. The number of likely N-dealkylation sites (N-methyl/N-ethyl adjacent to an activating group) is 1. The molecule has 172 valence electrons. The fraction of sp³-hybridized carbons (Fsp3) is 0.409. The molecule has 0 radical (unpaired) electrons. The van der Waals surface area contributed by atoms with Crippen molar-refractivity contribution in [1.29, 1.82) is 0 Å². The Labute approximate surface area is 184 Å². The summed E-state index contributed by atoms with van der Waals surface area (Å²) in [6.07, 6.45) is 4.39. The Morgan fingerprint density at radius 3 is 2.59 bits per heavy atom. The van der Waals surface area contributed by atoms with E-state index < -0.39 is 18.4 Å². The Bertz CT molecular complexity index is 957. The normalized spacial score (nSPS) is 13.7. The number of ether oxygens (including phenoxy) is 1. The highest BCUT2D eigenvalue weighted by Crippen LogP contribution is 2.23. The highest BCUT2D eigenvalue weighted by molar-refractivity contribution is 6.00. The molecule has 1 saturated heterocycles. The maximum absolute atomic E-state index is 13.2. The standard InChI is InChI=1S/C22H26F2N4O4/c1-25-19(29)14-28(13-15-7-3-4-8-18(15)32-22(23)24)20(30)16-11-17(26-12-16)21(31)27-9-5-2-6-10-27/h3-4,7-8,11-12,22,26H,2,5-6,9-10,13-14H2,1H3,(H,25,29). The fourth-order valence-corrected chi connectivity index (χ4v) is 3.59. The van der Waals surface area contributed by atoms with Crippen LogP contribution in [0.1, 0.15) is 45.7 Å². The third-order valence-electron chi connectivity index (χ3n) is 5.25. The fourth-order valence-electron chi connectivity index (χ4n) is 3.59. The van der Waals surface area contributed by atoms with Crippen LogP contribution in [-0.2, 0) is 11.3 Å². The molecule has 3 amide bonds. The minimum atomic E-state index is -3.02. The van der Waals surface area contributed by atoms with Crippen molar-refractivity contribution in [2.75, 3.05) is 26.7 Å². The van der Waals surface area contributed by atoms with Crippen molar-refractivity contribution < 1.29 is 27.9 Å². The van der Waals surface area contributed by atoms with E-state index in [9.17, 15) is 23.2 Å². The summed E-state index contributed by atoms with van der Waals surface area (Å²) in [6, 6.07) is 7.54. The number of nitrogens with zero attached hydrogens (tertiary/aromatic N) is 2. The molecule has 1 fully saturated rings. The van der Waals surface area contributed by atoms with Crippen LogP contribution < -0.4 is 10.1 Å². The maximum atomic E-state index is 13.2. The summed E-state index contributed by atoms with van der Waals surface area (Å²) in [6.45, 7) is -2.10. The van der Waals surface area contributed by atoms with Crippen molar-refractivity contribution in [2.45, 2.75) is 32.4 Å². The first-order chi connectivity index (χ1) is 15.4. The van der Waals surface area contributed by atoms with Gasteiger partial charge in [0.1, 0.15) is 18.0 Å². The monoisotopic (exact) mass is 448 g/mol. The van der Waals surface area contributed by atoms with Crippen LogP contribution in [0.5, 0.6) is 5.75 Å². The molecule has 0 atom stereocenters. The third kappa shape index (κ3) is 5.83. The summed E-state index contributed by atoms with van der Waals surface area (Å²) in [4.78, 5) is 43.6. The number of rotatable bonds is 8. The van der Waals surface area contributed by atoms with Crippen LogP contribution in [-0.4, -0.2) is 65.8 Å². The molecule has 1 aromatic carbocycles. The lowest BCUT2D eigenvalue weighted by atomic mass is 10.1. The van der Waals surface area contributed by atoms with Crippen LogP contribution in [0.2, 0.25) is 0 Å². The lowest BCUT2D eigenvalue weighted by molar-refractivity contribution is -0.121. The molecule has 2 aromatic rings. The van der Waals surface area contributed by atoms with Crippen LogP contribution in [0.4, 0.5) is 8.78 Å². The van der Waals surface area contributed by atoms with E-state index in [0.29, 0.717) is 18.7 Å². The van der Waals surface area contributed by atoms with Crippen molar-refractivity contribution in [1.82, 2.24) is 20.1 Å². The molecule has 32 heavy (non-hydrogen) atoms. The first kappa shape index (κ1) is 23.2. The number of carbonyl (C=O) groups is 3. The molecule has 10 heteroatoms. The number of piperidine rings is 1. The number of aromatic nitrogens is 1. The van der Waals surface area contributed by atoms with Crippen LogP contribution in [0.15, 0.2) is 36.5 Å². The summed E-state index contributed by atoms with van der Waals surface area (Å²) >= 11 is 0. The van der Waals surface area contributed by atoms with Crippen LogP contribution in [0.25, 0.3) is 0 Å². The van der Waals surface area contributed by atoms with E-state index in [1.165, 1.54) is 36.3 Å². The Hall–Kier alpha value is -3.43. The minimum absolute atomic E-state index is 0.0766. The second-order valence-corrected chi connectivity index (χ2v) is 7.48. The highest BCUT2D eigenvalue weighted by atomic mass is 19.3. The van der Waals surface area contributed by atoms with E-state index in [0.717, 1.165) is 19.3 Å². The zero-order valence-corrected chi connectivity index (χ0v) is 17.8. The van der Waals surface area contributed by atoms with E-state index in [4.69, 9.17) is 0 Å². The van der Waals surface area contributed by atoms with Gasteiger partial charge in [-0.2, -0.15) is 8.78 Å². The van der Waals surface area contributed by atoms with Crippen molar-refractivity contribution in [3.05, 3.63) is 53.3 Å². The summed E-state index contributed by atoms with van der Waals surface area (Å²) in [7, 11) is 1.44. The van der Waals surface area contributed by atoms with E-state index in [-0.39, 0.29) is 36.0 Å². The SMILES string of the molecule is CNC(=O)CN(Cc1ccccc1OC(F)F)C(=O)c1c[nH]c(C(=O)N2CCCCC2)c1. The molecular weight excluding hydrogens is 422 g/mol. The Balaban J connectivity index is 1.80. The molecule has 0 spiro atoms.